The Kier molecular flexibility index (Phi) is 4.27. The summed E-state index contributed by atoms with van der Waals surface area (Å²) < 4.78 is 7.30. The number of hydrogen-bond acceptors (Lipinski definition) is 4. The molecule has 4 nitrogen and oxygen atoms in total. The van der Waals surface area contributed by atoms with Gasteiger partial charge in [-0.25, -0.2) is 0 Å². The first-order valence-corrected chi connectivity index (χ1v) is 12.9. The summed E-state index contributed by atoms with van der Waals surface area (Å²) >= 11 is 0. The Labute approximate surface area is 202 Å². The van der Waals surface area contributed by atoms with Crippen LogP contribution in [-0.2, 0) is 6.42 Å². The minimum atomic E-state index is -0.532. The van der Waals surface area contributed by atoms with Gasteiger partial charge in [0, 0.05) is 29.1 Å². The summed E-state index contributed by atoms with van der Waals surface area (Å²) in [7, 11) is 2.26. The lowest BCUT2D eigenvalue weighted by Gasteiger charge is -2.46. The fourth-order valence-electron chi connectivity index (χ4n) is 7.49. The summed E-state index contributed by atoms with van der Waals surface area (Å²) in [5, 5.41) is 2.38. The number of benzene rings is 3. The van der Waals surface area contributed by atoms with Crippen molar-refractivity contribution < 1.29 is 4.74 Å². The van der Waals surface area contributed by atoms with Crippen molar-refractivity contribution >= 4 is 34.0 Å². The molecule has 0 bridgehead atoms. The van der Waals surface area contributed by atoms with Crippen molar-refractivity contribution in [2.45, 2.75) is 57.7 Å². The van der Waals surface area contributed by atoms with Crippen molar-refractivity contribution in [2.24, 2.45) is 16.3 Å². The van der Waals surface area contributed by atoms with E-state index in [1.807, 2.05) is 0 Å². The number of likely N-dealkylation sites (tertiary alicyclic amines) is 1. The molecule has 0 radical (unpaired) electrons. The van der Waals surface area contributed by atoms with Gasteiger partial charge < -0.3 is 9.64 Å². The summed E-state index contributed by atoms with van der Waals surface area (Å²) in [6, 6.07) is 20.2. The lowest BCUT2D eigenvalue weighted by molar-refractivity contribution is -0.0565. The van der Waals surface area contributed by atoms with E-state index in [9.17, 15) is 0 Å². The lowest BCUT2D eigenvalue weighted by atomic mass is 9.68. The Bertz CT molecular complexity index is 1330. The molecule has 1 aliphatic carbocycles. The van der Waals surface area contributed by atoms with E-state index in [0.29, 0.717) is 12.0 Å². The van der Waals surface area contributed by atoms with Crippen LogP contribution in [0.3, 0.4) is 0 Å². The number of hydrogen-bond donors (Lipinski definition) is 0. The molecular weight excluding hydrogens is 418 g/mol. The van der Waals surface area contributed by atoms with Crippen LogP contribution in [0, 0.1) is 11.3 Å². The molecule has 3 heterocycles. The molecule has 1 saturated carbocycles. The van der Waals surface area contributed by atoms with Crippen LogP contribution in [0.25, 0.3) is 10.8 Å². The van der Waals surface area contributed by atoms with E-state index in [1.165, 1.54) is 42.3 Å². The van der Waals surface area contributed by atoms with E-state index >= 15 is 0 Å². The highest BCUT2D eigenvalue weighted by atomic mass is 16.5. The van der Waals surface area contributed by atoms with E-state index < -0.39 is 5.72 Å². The molecular formula is C30H33N3O. The third kappa shape index (κ3) is 2.55. The molecule has 1 saturated heterocycles. The maximum atomic E-state index is 7.30. The average molecular weight is 452 g/mol. The van der Waals surface area contributed by atoms with Gasteiger partial charge in [0.05, 0.1) is 11.9 Å². The molecule has 0 amide bonds. The number of ether oxygens (including phenoxy) is 1. The second kappa shape index (κ2) is 7.08. The van der Waals surface area contributed by atoms with E-state index in [0.717, 1.165) is 35.5 Å². The summed E-state index contributed by atoms with van der Waals surface area (Å²) in [6.45, 7) is 5.78. The fraction of sp³-hybridized carbons (Fsp3) is 0.433. The van der Waals surface area contributed by atoms with Crippen molar-refractivity contribution in [2.75, 3.05) is 18.5 Å². The molecule has 3 aromatic rings. The molecule has 0 N–H and O–H groups in total. The smallest absolute Gasteiger partial charge is 0.205 e. The third-order valence-electron chi connectivity index (χ3n) is 9.36. The maximum absolute atomic E-state index is 7.30. The Balaban J connectivity index is 1.44. The molecule has 3 aliphatic heterocycles. The van der Waals surface area contributed by atoms with Gasteiger partial charge in [0.1, 0.15) is 5.69 Å². The molecule has 4 aliphatic rings. The van der Waals surface area contributed by atoms with Gasteiger partial charge in [-0.2, -0.15) is 0 Å². The van der Waals surface area contributed by atoms with Crippen LogP contribution in [0.15, 0.2) is 59.6 Å². The average Bonchev–Trinajstić information content (AvgIpc) is 3.36. The molecule has 2 fully saturated rings. The van der Waals surface area contributed by atoms with Crippen molar-refractivity contribution in [1.29, 1.82) is 0 Å². The molecule has 34 heavy (non-hydrogen) atoms. The quantitative estimate of drug-likeness (QED) is 0.405. The summed E-state index contributed by atoms with van der Waals surface area (Å²) in [5.41, 5.74) is 4.26. The predicted molar refractivity (Wildman–Crippen MR) is 140 cm³/mol. The van der Waals surface area contributed by atoms with E-state index in [1.54, 1.807) is 0 Å². The number of rotatable bonds is 1. The summed E-state index contributed by atoms with van der Waals surface area (Å²) in [6.07, 6.45) is 8.36. The number of para-hydroxylation sites is 1. The van der Waals surface area contributed by atoms with Gasteiger partial charge in [-0.1, -0.05) is 69.2 Å². The molecule has 0 aromatic heterocycles. The van der Waals surface area contributed by atoms with Crippen LogP contribution in [0.5, 0.6) is 5.75 Å². The number of fused-ring (bicyclic) bond motifs is 5. The van der Waals surface area contributed by atoms with Gasteiger partial charge in [-0.15, -0.1) is 0 Å². The highest BCUT2D eigenvalue weighted by Gasteiger charge is 2.64. The zero-order chi connectivity index (χ0) is 23.1. The highest BCUT2D eigenvalue weighted by molar-refractivity contribution is 6.03. The molecule has 3 aromatic carbocycles. The fourth-order valence-corrected chi connectivity index (χ4v) is 7.49. The number of nitrogens with zero attached hydrogens (tertiary/aromatic N) is 3. The maximum Gasteiger partial charge on any atom is 0.205 e. The van der Waals surface area contributed by atoms with Gasteiger partial charge in [0.15, 0.2) is 5.75 Å². The van der Waals surface area contributed by atoms with Crippen LogP contribution >= 0.6 is 0 Å². The SMILES string of the molecule is CN1C2CCCCC2C(C)(C)C12C=Nc1c(c(N3CCc4ccccc43)cc3ccccc13)O2. The largest absolute Gasteiger partial charge is 0.462 e. The molecule has 7 rings (SSSR count). The lowest BCUT2D eigenvalue weighted by Crippen LogP contribution is -2.58. The number of anilines is 2. The number of aliphatic imine (C=N–C) groups is 1. The Morgan fingerprint density at radius 1 is 0.971 bits per heavy atom. The van der Waals surface area contributed by atoms with Crippen molar-refractivity contribution in [3.05, 3.63) is 60.2 Å². The molecule has 174 valence electrons. The van der Waals surface area contributed by atoms with Crippen molar-refractivity contribution in [3.63, 3.8) is 0 Å². The van der Waals surface area contributed by atoms with E-state index in [-0.39, 0.29) is 5.41 Å². The minimum Gasteiger partial charge on any atom is -0.462 e. The summed E-state index contributed by atoms with van der Waals surface area (Å²) in [4.78, 5) is 10.2. The van der Waals surface area contributed by atoms with Gasteiger partial charge in [-0.05, 0) is 55.3 Å². The second-order valence-electron chi connectivity index (χ2n) is 11.2. The van der Waals surface area contributed by atoms with Crippen molar-refractivity contribution in [1.82, 2.24) is 4.90 Å². The van der Waals surface area contributed by atoms with E-state index in [4.69, 9.17) is 9.73 Å². The van der Waals surface area contributed by atoms with Crippen LogP contribution in [0.1, 0.15) is 45.1 Å². The van der Waals surface area contributed by atoms with Crippen LogP contribution in [-0.4, -0.2) is 36.5 Å². The third-order valence-corrected chi connectivity index (χ3v) is 9.36. The molecule has 3 unspecified atom stereocenters. The van der Waals surface area contributed by atoms with Gasteiger partial charge in [0.2, 0.25) is 5.72 Å². The van der Waals surface area contributed by atoms with Crippen LogP contribution < -0.4 is 9.64 Å². The minimum absolute atomic E-state index is 0.0279. The normalized spacial score (nSPS) is 29.2. The highest BCUT2D eigenvalue weighted by Crippen LogP contribution is 2.60. The van der Waals surface area contributed by atoms with Crippen molar-refractivity contribution in [3.8, 4) is 5.75 Å². The first-order chi connectivity index (χ1) is 16.5. The van der Waals surface area contributed by atoms with Crippen LogP contribution in [0.2, 0.25) is 0 Å². The standard InChI is InChI=1S/C30H33N3O/c1-29(2)23-13-7-9-15-25(23)32(3)30(29)19-31-27-22-12-6-4-11-21(22)18-26(28(27)34-30)33-17-16-20-10-5-8-14-24(20)33/h4-6,8,10-12,14,18-19,23,25H,7,9,13,15-17H2,1-3H3. The molecule has 3 atom stereocenters. The van der Waals surface area contributed by atoms with E-state index in [2.05, 4.69) is 91.5 Å². The van der Waals surface area contributed by atoms with Gasteiger partial charge >= 0.3 is 0 Å². The Morgan fingerprint density at radius 3 is 2.65 bits per heavy atom. The zero-order valence-electron chi connectivity index (χ0n) is 20.4. The molecule has 4 heteroatoms. The van der Waals surface area contributed by atoms with Gasteiger partial charge in [-0.3, -0.25) is 9.89 Å². The predicted octanol–water partition coefficient (Wildman–Crippen LogP) is 6.86. The summed E-state index contributed by atoms with van der Waals surface area (Å²) in [5.74, 6) is 1.56. The Morgan fingerprint density at radius 2 is 1.76 bits per heavy atom. The van der Waals surface area contributed by atoms with Gasteiger partial charge in [0.25, 0.3) is 0 Å². The zero-order valence-corrected chi connectivity index (χ0v) is 20.4. The molecule has 1 spiro atoms. The monoisotopic (exact) mass is 451 g/mol. The first kappa shape index (κ1) is 20.5. The first-order valence-electron chi connectivity index (χ1n) is 12.9. The second-order valence-corrected chi connectivity index (χ2v) is 11.2. The topological polar surface area (TPSA) is 28.1 Å². The Hall–Kier alpha value is -2.85. The van der Waals surface area contributed by atoms with Crippen LogP contribution in [0.4, 0.5) is 17.1 Å².